The molecule has 0 bridgehead atoms. The molecule has 0 radical (unpaired) electrons. The van der Waals surface area contributed by atoms with Crippen LogP contribution in [0.4, 0.5) is 0 Å². The van der Waals surface area contributed by atoms with Gasteiger partial charge < -0.3 is 19.4 Å². The first kappa shape index (κ1) is 14.4. The van der Waals surface area contributed by atoms with E-state index >= 15 is 0 Å². The van der Waals surface area contributed by atoms with Gasteiger partial charge in [-0.3, -0.25) is 9.89 Å². The average molecular weight is 324 g/mol. The lowest BCUT2D eigenvalue weighted by molar-refractivity contribution is 0.0946. The van der Waals surface area contributed by atoms with Crippen LogP contribution in [0.25, 0.3) is 11.4 Å². The molecule has 3 heterocycles. The topological polar surface area (TPSA) is 81.2 Å². The monoisotopic (exact) mass is 324 g/mol. The molecule has 2 N–H and O–H groups in total. The van der Waals surface area contributed by atoms with E-state index in [2.05, 4.69) is 15.5 Å². The zero-order valence-corrected chi connectivity index (χ0v) is 13.1. The van der Waals surface area contributed by atoms with Gasteiger partial charge in [0.1, 0.15) is 11.4 Å². The molecule has 4 rings (SSSR count). The lowest BCUT2D eigenvalue weighted by Crippen LogP contribution is -2.23. The van der Waals surface area contributed by atoms with E-state index in [4.69, 9.17) is 9.47 Å². The number of hydrogen-bond donors (Lipinski definition) is 2. The summed E-state index contributed by atoms with van der Waals surface area (Å²) >= 11 is 0. The molecular formula is C17H16N4O3. The molecular weight excluding hydrogens is 308 g/mol. The molecule has 7 nitrogen and oxygen atoms in total. The molecule has 7 heteroatoms. The number of aromatic nitrogens is 3. The molecule has 0 saturated heterocycles. The van der Waals surface area contributed by atoms with E-state index < -0.39 is 0 Å². The summed E-state index contributed by atoms with van der Waals surface area (Å²) in [4.78, 5) is 12.3. The van der Waals surface area contributed by atoms with Crippen molar-refractivity contribution in [2.75, 3.05) is 6.79 Å². The molecule has 1 amide bonds. The maximum atomic E-state index is 12.3. The van der Waals surface area contributed by atoms with Crippen LogP contribution in [0.2, 0.25) is 0 Å². The van der Waals surface area contributed by atoms with E-state index in [1.54, 1.807) is 6.07 Å². The molecule has 1 aliphatic rings. The highest BCUT2D eigenvalue weighted by Crippen LogP contribution is 2.32. The Labute approximate surface area is 138 Å². The summed E-state index contributed by atoms with van der Waals surface area (Å²) in [5.74, 6) is 1.22. The van der Waals surface area contributed by atoms with Gasteiger partial charge in [0.2, 0.25) is 6.79 Å². The predicted octanol–water partition coefficient (Wildman–Crippen LogP) is 2.07. The first-order chi connectivity index (χ1) is 11.7. The third-order valence-corrected chi connectivity index (χ3v) is 3.92. The van der Waals surface area contributed by atoms with Gasteiger partial charge in [0, 0.05) is 19.8 Å². The SMILES string of the molecule is Cn1cccc1-c1cc(C(=O)NCc2ccc3c(c2)OCO3)[nH]n1. The smallest absolute Gasteiger partial charge is 0.269 e. The lowest BCUT2D eigenvalue weighted by Gasteiger charge is -2.05. The first-order valence-electron chi connectivity index (χ1n) is 7.54. The van der Waals surface area contributed by atoms with E-state index in [0.717, 1.165) is 22.7 Å². The molecule has 0 aliphatic carbocycles. The van der Waals surface area contributed by atoms with Crippen LogP contribution in [0.15, 0.2) is 42.6 Å². The van der Waals surface area contributed by atoms with Crippen molar-refractivity contribution in [2.24, 2.45) is 7.05 Å². The number of amides is 1. The first-order valence-corrected chi connectivity index (χ1v) is 7.54. The average Bonchev–Trinajstić information content (AvgIpc) is 3.31. The summed E-state index contributed by atoms with van der Waals surface area (Å²) in [7, 11) is 1.93. The fraction of sp³-hybridized carbons (Fsp3) is 0.176. The third kappa shape index (κ3) is 2.60. The normalized spacial score (nSPS) is 12.4. The van der Waals surface area contributed by atoms with Gasteiger partial charge in [-0.05, 0) is 35.9 Å². The highest BCUT2D eigenvalue weighted by atomic mass is 16.7. The highest BCUT2D eigenvalue weighted by molar-refractivity contribution is 5.93. The Hall–Kier alpha value is -3.22. The molecule has 0 atom stereocenters. The largest absolute Gasteiger partial charge is 0.454 e. The van der Waals surface area contributed by atoms with Gasteiger partial charge in [-0.2, -0.15) is 5.10 Å². The number of H-pyrrole nitrogens is 1. The van der Waals surface area contributed by atoms with Crippen molar-refractivity contribution in [1.82, 2.24) is 20.1 Å². The maximum absolute atomic E-state index is 12.3. The number of benzene rings is 1. The number of fused-ring (bicyclic) bond motifs is 1. The summed E-state index contributed by atoms with van der Waals surface area (Å²) in [5, 5.41) is 9.84. The summed E-state index contributed by atoms with van der Waals surface area (Å²) in [5.41, 5.74) is 3.04. The zero-order chi connectivity index (χ0) is 16.5. The van der Waals surface area contributed by atoms with Crippen molar-refractivity contribution in [3.05, 3.63) is 53.9 Å². The van der Waals surface area contributed by atoms with Gasteiger partial charge in [0.25, 0.3) is 5.91 Å². The number of nitrogens with zero attached hydrogens (tertiary/aromatic N) is 2. The van der Waals surface area contributed by atoms with Crippen LogP contribution in [0.1, 0.15) is 16.1 Å². The van der Waals surface area contributed by atoms with E-state index in [-0.39, 0.29) is 12.7 Å². The molecule has 0 saturated carbocycles. The van der Waals surface area contributed by atoms with Crippen LogP contribution in [0.5, 0.6) is 11.5 Å². The molecule has 0 spiro atoms. The van der Waals surface area contributed by atoms with Crippen molar-refractivity contribution in [2.45, 2.75) is 6.54 Å². The number of aromatic amines is 1. The van der Waals surface area contributed by atoms with Crippen LogP contribution in [-0.2, 0) is 13.6 Å². The summed E-state index contributed by atoms with van der Waals surface area (Å²) in [6.45, 7) is 0.634. The minimum absolute atomic E-state index is 0.208. The summed E-state index contributed by atoms with van der Waals surface area (Å²) < 4.78 is 12.6. The second kappa shape index (κ2) is 5.77. The van der Waals surface area contributed by atoms with Crippen molar-refractivity contribution >= 4 is 5.91 Å². The van der Waals surface area contributed by atoms with Gasteiger partial charge in [0.05, 0.1) is 5.69 Å². The zero-order valence-electron chi connectivity index (χ0n) is 13.1. The van der Waals surface area contributed by atoms with Gasteiger partial charge in [-0.1, -0.05) is 6.07 Å². The Bertz CT molecular complexity index is 897. The van der Waals surface area contributed by atoms with Crippen LogP contribution in [0, 0.1) is 0 Å². The molecule has 24 heavy (non-hydrogen) atoms. The van der Waals surface area contributed by atoms with E-state index in [1.807, 2.05) is 48.1 Å². The predicted molar refractivity (Wildman–Crippen MR) is 86.7 cm³/mol. The maximum Gasteiger partial charge on any atom is 0.269 e. The standard InChI is InChI=1S/C17H16N4O3/c1-21-6-2-3-14(21)12-8-13(20-19-12)17(22)18-9-11-4-5-15-16(7-11)24-10-23-15/h2-8H,9-10H2,1H3,(H,18,22)(H,19,20). The van der Waals surface area contributed by atoms with Crippen LogP contribution < -0.4 is 14.8 Å². The van der Waals surface area contributed by atoms with Crippen molar-refractivity contribution < 1.29 is 14.3 Å². The molecule has 2 aromatic heterocycles. The number of carbonyl (C=O) groups excluding carboxylic acids is 1. The second-order valence-corrected chi connectivity index (χ2v) is 5.54. The van der Waals surface area contributed by atoms with Crippen molar-refractivity contribution in [1.29, 1.82) is 0 Å². The molecule has 0 unspecified atom stereocenters. The minimum atomic E-state index is -0.208. The summed E-state index contributed by atoms with van der Waals surface area (Å²) in [6, 6.07) is 11.2. The molecule has 3 aromatic rings. The Balaban J connectivity index is 1.43. The van der Waals surface area contributed by atoms with E-state index in [9.17, 15) is 4.79 Å². The molecule has 1 aromatic carbocycles. The van der Waals surface area contributed by atoms with E-state index in [0.29, 0.717) is 18.0 Å². The van der Waals surface area contributed by atoms with Crippen molar-refractivity contribution in [3.8, 4) is 22.9 Å². The quantitative estimate of drug-likeness (QED) is 0.770. The van der Waals surface area contributed by atoms with Gasteiger partial charge in [0.15, 0.2) is 11.5 Å². The Kier molecular flexibility index (Phi) is 3.45. The van der Waals surface area contributed by atoms with Gasteiger partial charge >= 0.3 is 0 Å². The Morgan fingerprint density at radius 1 is 1.29 bits per heavy atom. The highest BCUT2D eigenvalue weighted by Gasteiger charge is 2.15. The van der Waals surface area contributed by atoms with Gasteiger partial charge in [-0.25, -0.2) is 0 Å². The fourth-order valence-corrected chi connectivity index (χ4v) is 2.62. The fourth-order valence-electron chi connectivity index (χ4n) is 2.62. The Morgan fingerprint density at radius 2 is 2.17 bits per heavy atom. The number of rotatable bonds is 4. The van der Waals surface area contributed by atoms with Crippen molar-refractivity contribution in [3.63, 3.8) is 0 Å². The number of nitrogens with one attached hydrogen (secondary N) is 2. The minimum Gasteiger partial charge on any atom is -0.454 e. The van der Waals surface area contributed by atoms with Crippen LogP contribution in [-0.4, -0.2) is 27.5 Å². The molecule has 0 fully saturated rings. The van der Waals surface area contributed by atoms with Crippen LogP contribution >= 0.6 is 0 Å². The number of carbonyl (C=O) groups is 1. The number of ether oxygens (including phenoxy) is 2. The van der Waals surface area contributed by atoms with Gasteiger partial charge in [-0.15, -0.1) is 0 Å². The molecule has 1 aliphatic heterocycles. The third-order valence-electron chi connectivity index (χ3n) is 3.92. The molecule has 122 valence electrons. The number of aryl methyl sites for hydroxylation is 1. The van der Waals surface area contributed by atoms with Crippen LogP contribution in [0.3, 0.4) is 0 Å². The lowest BCUT2D eigenvalue weighted by atomic mass is 10.2. The second-order valence-electron chi connectivity index (χ2n) is 5.54. The summed E-state index contributed by atoms with van der Waals surface area (Å²) in [6.07, 6.45) is 1.93. The Morgan fingerprint density at radius 3 is 3.00 bits per heavy atom. The number of hydrogen-bond acceptors (Lipinski definition) is 4. The van der Waals surface area contributed by atoms with E-state index in [1.165, 1.54) is 0 Å².